The van der Waals surface area contributed by atoms with Gasteiger partial charge in [0.15, 0.2) is 0 Å². The van der Waals surface area contributed by atoms with E-state index in [1.807, 2.05) is 24.3 Å². The zero-order chi connectivity index (χ0) is 14.2. The van der Waals surface area contributed by atoms with Crippen LogP contribution in [0.3, 0.4) is 0 Å². The predicted molar refractivity (Wildman–Crippen MR) is 87.4 cm³/mol. The minimum atomic E-state index is 0.0453. The topological polar surface area (TPSA) is 41.6 Å². The molecule has 0 radical (unpaired) electrons. The normalized spacial score (nSPS) is 16.1. The Balaban J connectivity index is 1.61. The maximum Gasteiger partial charge on any atom is 0.234 e. The summed E-state index contributed by atoms with van der Waals surface area (Å²) in [4.78, 5) is 14.2. The van der Waals surface area contributed by atoms with Gasteiger partial charge in [0.1, 0.15) is 0 Å². The molecule has 6 heteroatoms. The lowest BCUT2D eigenvalue weighted by molar-refractivity contribution is -0.113. The number of hydrogen-bond acceptors (Lipinski definition) is 4. The van der Waals surface area contributed by atoms with Crippen LogP contribution in [0.2, 0.25) is 0 Å². The number of thioether (sulfide) groups is 1. The van der Waals surface area contributed by atoms with Gasteiger partial charge >= 0.3 is 0 Å². The molecule has 1 aromatic rings. The Morgan fingerprint density at radius 1 is 1.35 bits per heavy atom. The van der Waals surface area contributed by atoms with Gasteiger partial charge in [0.05, 0.1) is 24.7 Å². The number of para-hydroxylation sites is 1. The molecule has 1 aromatic carbocycles. The second-order valence-corrected chi connectivity index (χ2v) is 6.49. The molecule has 1 heterocycles. The van der Waals surface area contributed by atoms with Gasteiger partial charge in [0, 0.05) is 29.9 Å². The Bertz CT molecular complexity index is 439. The van der Waals surface area contributed by atoms with E-state index in [0.717, 1.165) is 48.8 Å². The average molecular weight is 359 g/mol. The van der Waals surface area contributed by atoms with Crippen LogP contribution in [0.4, 0.5) is 5.69 Å². The van der Waals surface area contributed by atoms with Gasteiger partial charge in [-0.2, -0.15) is 11.8 Å². The molecule has 20 heavy (non-hydrogen) atoms. The first-order valence-electron chi connectivity index (χ1n) is 6.68. The van der Waals surface area contributed by atoms with Crippen LogP contribution >= 0.6 is 27.7 Å². The monoisotopic (exact) mass is 358 g/mol. The molecule has 1 amide bonds. The molecule has 110 valence electrons. The fourth-order valence-corrected chi connectivity index (χ4v) is 3.11. The molecule has 1 aliphatic heterocycles. The third kappa shape index (κ3) is 5.44. The molecular weight excluding hydrogens is 340 g/mol. The summed E-state index contributed by atoms with van der Waals surface area (Å²) in [7, 11) is 0. The SMILES string of the molecule is O=C(CSCCN1CCOCC1)Nc1ccccc1Br. The van der Waals surface area contributed by atoms with Gasteiger partial charge in [0.25, 0.3) is 0 Å². The van der Waals surface area contributed by atoms with E-state index in [9.17, 15) is 4.79 Å². The molecule has 4 nitrogen and oxygen atoms in total. The van der Waals surface area contributed by atoms with Crippen molar-refractivity contribution in [3.63, 3.8) is 0 Å². The van der Waals surface area contributed by atoms with Gasteiger partial charge in [-0.05, 0) is 28.1 Å². The number of ether oxygens (including phenoxy) is 1. The highest BCUT2D eigenvalue weighted by Gasteiger charge is 2.10. The Kier molecular flexibility index (Phi) is 6.86. The summed E-state index contributed by atoms with van der Waals surface area (Å²) >= 11 is 5.09. The van der Waals surface area contributed by atoms with Gasteiger partial charge < -0.3 is 10.1 Å². The second kappa shape index (κ2) is 8.67. The lowest BCUT2D eigenvalue weighted by atomic mass is 10.3. The summed E-state index contributed by atoms with van der Waals surface area (Å²) in [6.07, 6.45) is 0. The van der Waals surface area contributed by atoms with E-state index in [-0.39, 0.29) is 5.91 Å². The van der Waals surface area contributed by atoms with Crippen molar-refractivity contribution in [3.8, 4) is 0 Å². The van der Waals surface area contributed by atoms with Crippen molar-refractivity contribution in [3.05, 3.63) is 28.7 Å². The molecule has 0 atom stereocenters. The van der Waals surface area contributed by atoms with Crippen molar-refractivity contribution >= 4 is 39.3 Å². The number of amides is 1. The summed E-state index contributed by atoms with van der Waals surface area (Å²) in [6, 6.07) is 7.64. The van der Waals surface area contributed by atoms with Crippen LogP contribution in [-0.4, -0.2) is 55.2 Å². The van der Waals surface area contributed by atoms with Gasteiger partial charge in [-0.15, -0.1) is 0 Å². The third-order valence-corrected chi connectivity index (χ3v) is 4.67. The fourth-order valence-electron chi connectivity index (χ4n) is 1.93. The number of hydrogen-bond donors (Lipinski definition) is 1. The van der Waals surface area contributed by atoms with Gasteiger partial charge in [0.2, 0.25) is 5.91 Å². The number of morpholine rings is 1. The zero-order valence-corrected chi connectivity index (χ0v) is 13.7. The lowest BCUT2D eigenvalue weighted by Crippen LogP contribution is -2.37. The molecule has 1 saturated heterocycles. The van der Waals surface area contributed by atoms with Crippen LogP contribution in [0.5, 0.6) is 0 Å². The molecule has 2 rings (SSSR count). The summed E-state index contributed by atoms with van der Waals surface area (Å²) in [5.41, 5.74) is 0.825. The number of carbonyl (C=O) groups excluding carboxylic acids is 1. The molecule has 0 bridgehead atoms. The van der Waals surface area contributed by atoms with E-state index < -0.39 is 0 Å². The molecule has 1 aliphatic rings. The Morgan fingerprint density at radius 2 is 2.10 bits per heavy atom. The Hall–Kier alpha value is -0.560. The summed E-state index contributed by atoms with van der Waals surface area (Å²) in [6.45, 7) is 4.68. The van der Waals surface area contributed by atoms with E-state index in [1.54, 1.807) is 11.8 Å². The molecule has 1 fully saturated rings. The number of rotatable bonds is 6. The van der Waals surface area contributed by atoms with Gasteiger partial charge in [-0.25, -0.2) is 0 Å². The molecule has 0 unspecified atom stereocenters. The fraction of sp³-hybridized carbons (Fsp3) is 0.500. The number of carbonyl (C=O) groups is 1. The van der Waals surface area contributed by atoms with E-state index in [0.29, 0.717) is 5.75 Å². The maximum atomic E-state index is 11.8. The van der Waals surface area contributed by atoms with Crippen LogP contribution in [0, 0.1) is 0 Å². The first-order valence-corrected chi connectivity index (χ1v) is 8.63. The van der Waals surface area contributed by atoms with E-state index in [4.69, 9.17) is 4.74 Å². The van der Waals surface area contributed by atoms with E-state index in [1.165, 1.54) is 0 Å². The predicted octanol–water partition coefficient (Wildman–Crippen LogP) is 2.45. The van der Waals surface area contributed by atoms with E-state index in [2.05, 4.69) is 26.1 Å². The van der Waals surface area contributed by atoms with Crippen LogP contribution in [-0.2, 0) is 9.53 Å². The highest BCUT2D eigenvalue weighted by atomic mass is 79.9. The van der Waals surface area contributed by atoms with Crippen molar-refractivity contribution in [1.29, 1.82) is 0 Å². The number of anilines is 1. The minimum absolute atomic E-state index is 0.0453. The zero-order valence-electron chi connectivity index (χ0n) is 11.3. The van der Waals surface area contributed by atoms with Gasteiger partial charge in [-0.3, -0.25) is 9.69 Å². The first kappa shape index (κ1) is 15.8. The van der Waals surface area contributed by atoms with Crippen LogP contribution in [0.25, 0.3) is 0 Å². The van der Waals surface area contributed by atoms with Crippen molar-refractivity contribution in [2.75, 3.05) is 49.7 Å². The van der Waals surface area contributed by atoms with Crippen molar-refractivity contribution in [2.24, 2.45) is 0 Å². The summed E-state index contributed by atoms with van der Waals surface area (Å²) < 4.78 is 6.21. The maximum absolute atomic E-state index is 11.8. The first-order chi connectivity index (χ1) is 9.75. The largest absolute Gasteiger partial charge is 0.379 e. The van der Waals surface area contributed by atoms with Crippen molar-refractivity contribution in [1.82, 2.24) is 4.90 Å². The molecule has 0 spiro atoms. The Labute approximate surface area is 132 Å². The molecule has 0 saturated carbocycles. The number of nitrogens with zero attached hydrogens (tertiary/aromatic N) is 1. The van der Waals surface area contributed by atoms with Crippen molar-refractivity contribution in [2.45, 2.75) is 0 Å². The van der Waals surface area contributed by atoms with Gasteiger partial charge in [-0.1, -0.05) is 12.1 Å². The summed E-state index contributed by atoms with van der Waals surface area (Å²) in [5, 5.41) is 2.91. The second-order valence-electron chi connectivity index (χ2n) is 4.53. The van der Waals surface area contributed by atoms with Crippen LogP contribution < -0.4 is 5.32 Å². The highest BCUT2D eigenvalue weighted by molar-refractivity contribution is 9.10. The quantitative estimate of drug-likeness (QED) is 0.793. The number of halogens is 1. The highest BCUT2D eigenvalue weighted by Crippen LogP contribution is 2.21. The van der Waals surface area contributed by atoms with E-state index >= 15 is 0 Å². The minimum Gasteiger partial charge on any atom is -0.379 e. The smallest absolute Gasteiger partial charge is 0.234 e. The van der Waals surface area contributed by atoms with Crippen LogP contribution in [0.15, 0.2) is 28.7 Å². The van der Waals surface area contributed by atoms with Crippen LogP contribution in [0.1, 0.15) is 0 Å². The molecule has 0 aromatic heterocycles. The summed E-state index contributed by atoms with van der Waals surface area (Å²) in [5.74, 6) is 1.51. The Morgan fingerprint density at radius 3 is 2.85 bits per heavy atom. The molecular formula is C14H19BrN2O2S. The number of nitrogens with one attached hydrogen (secondary N) is 1. The lowest BCUT2D eigenvalue weighted by Gasteiger charge is -2.26. The molecule has 1 N–H and O–H groups in total. The molecule has 0 aliphatic carbocycles. The van der Waals surface area contributed by atoms with Crippen molar-refractivity contribution < 1.29 is 9.53 Å². The number of benzene rings is 1. The average Bonchev–Trinajstić information content (AvgIpc) is 2.47. The standard InChI is InChI=1S/C14H19BrN2O2S/c15-12-3-1-2-4-13(12)16-14(18)11-20-10-7-17-5-8-19-9-6-17/h1-4H,5-11H2,(H,16,18). The third-order valence-electron chi connectivity index (χ3n) is 3.04.